The minimum atomic E-state index is -0.790. The molecule has 1 fully saturated rings. The van der Waals surface area contributed by atoms with Crippen LogP contribution in [-0.2, 0) is 14.3 Å². The van der Waals surface area contributed by atoms with E-state index in [0.29, 0.717) is 19.4 Å². The van der Waals surface area contributed by atoms with E-state index in [9.17, 15) is 14.4 Å². The van der Waals surface area contributed by atoms with Gasteiger partial charge < -0.3 is 20.5 Å². The molecule has 3 atom stereocenters. The first-order valence-electron chi connectivity index (χ1n) is 12.5. The quantitative estimate of drug-likeness (QED) is 0.459. The number of carbonyl (C=O) groups is 3. The van der Waals surface area contributed by atoms with Crippen LogP contribution in [0.4, 0.5) is 4.79 Å². The summed E-state index contributed by atoms with van der Waals surface area (Å²) in [6.07, 6.45) is 3.16. The highest BCUT2D eigenvalue weighted by atomic mass is 16.5. The summed E-state index contributed by atoms with van der Waals surface area (Å²) in [6, 6.07) is 16.4. The fourth-order valence-electron chi connectivity index (χ4n) is 5.26. The first-order valence-corrected chi connectivity index (χ1v) is 12.5. The monoisotopic (exact) mass is 478 g/mol. The maximum atomic E-state index is 12.5. The van der Waals surface area contributed by atoms with Crippen molar-refractivity contribution in [2.45, 2.75) is 57.4 Å². The molecule has 2 aliphatic carbocycles. The molecule has 0 spiro atoms. The van der Waals surface area contributed by atoms with Crippen LogP contribution in [0.5, 0.6) is 0 Å². The molecular formula is C28H34N2O5. The van der Waals surface area contributed by atoms with Crippen LogP contribution >= 0.6 is 0 Å². The van der Waals surface area contributed by atoms with E-state index < -0.39 is 12.1 Å². The van der Waals surface area contributed by atoms with E-state index >= 15 is 0 Å². The standard InChI is InChI=1S/C28H34N2O5/c1-18(10-13-26(31)32)14-15-29-27(33)19-11-12-20(16-19)30-28(34)35-17-25-23-8-4-2-6-21(23)22-7-3-5-9-24(22)25/h2-9,18-20,25H,10-17H2,1H3,(H,29,33)(H,30,34)(H,31,32)/t18?,19-,20+/m0/s1. The van der Waals surface area contributed by atoms with Gasteiger partial charge in [0.2, 0.25) is 5.91 Å². The van der Waals surface area contributed by atoms with Gasteiger partial charge in [0.05, 0.1) is 0 Å². The molecule has 1 unspecified atom stereocenters. The van der Waals surface area contributed by atoms with Crippen LogP contribution < -0.4 is 10.6 Å². The summed E-state index contributed by atoms with van der Waals surface area (Å²) in [6.45, 7) is 2.82. The fourth-order valence-corrected chi connectivity index (χ4v) is 5.26. The van der Waals surface area contributed by atoms with Crippen LogP contribution in [0.1, 0.15) is 62.5 Å². The van der Waals surface area contributed by atoms with Crippen LogP contribution in [0.25, 0.3) is 11.1 Å². The second-order valence-electron chi connectivity index (χ2n) is 9.79. The fraction of sp³-hybridized carbons (Fsp3) is 0.464. The average molecular weight is 479 g/mol. The Morgan fingerprint density at radius 1 is 1.00 bits per heavy atom. The molecule has 1 saturated carbocycles. The predicted molar refractivity (Wildman–Crippen MR) is 133 cm³/mol. The number of amides is 2. The van der Waals surface area contributed by atoms with Crippen molar-refractivity contribution in [1.82, 2.24) is 10.6 Å². The Kier molecular flexibility index (Phi) is 8.06. The van der Waals surface area contributed by atoms with E-state index in [1.165, 1.54) is 22.3 Å². The summed E-state index contributed by atoms with van der Waals surface area (Å²) in [7, 11) is 0. The molecule has 2 aromatic rings. The van der Waals surface area contributed by atoms with Gasteiger partial charge in [-0.3, -0.25) is 9.59 Å². The molecule has 0 saturated heterocycles. The van der Waals surface area contributed by atoms with E-state index in [-0.39, 0.29) is 42.7 Å². The number of fused-ring (bicyclic) bond motifs is 3. The second kappa shape index (κ2) is 11.4. The van der Waals surface area contributed by atoms with Crippen molar-refractivity contribution in [3.05, 3.63) is 59.7 Å². The number of hydrogen-bond acceptors (Lipinski definition) is 4. The lowest BCUT2D eigenvalue weighted by molar-refractivity contribution is -0.137. The van der Waals surface area contributed by atoms with Crippen molar-refractivity contribution >= 4 is 18.0 Å². The predicted octanol–water partition coefficient (Wildman–Crippen LogP) is 4.70. The van der Waals surface area contributed by atoms with Gasteiger partial charge in [-0.15, -0.1) is 0 Å². The van der Waals surface area contributed by atoms with Crippen molar-refractivity contribution in [2.75, 3.05) is 13.2 Å². The van der Waals surface area contributed by atoms with Gasteiger partial charge in [0.25, 0.3) is 0 Å². The molecule has 3 N–H and O–H groups in total. The van der Waals surface area contributed by atoms with Crippen molar-refractivity contribution < 1.29 is 24.2 Å². The van der Waals surface area contributed by atoms with Gasteiger partial charge in [-0.2, -0.15) is 0 Å². The van der Waals surface area contributed by atoms with E-state index in [1.54, 1.807) is 0 Å². The van der Waals surface area contributed by atoms with Crippen LogP contribution in [0, 0.1) is 11.8 Å². The Labute approximate surface area is 206 Å². The average Bonchev–Trinajstić information content (AvgIpc) is 3.44. The molecule has 4 rings (SSSR count). The lowest BCUT2D eigenvalue weighted by Gasteiger charge is -2.17. The van der Waals surface area contributed by atoms with E-state index in [2.05, 4.69) is 34.9 Å². The number of hydrogen-bond donors (Lipinski definition) is 3. The molecule has 0 heterocycles. The van der Waals surface area contributed by atoms with Crippen LogP contribution in [0.15, 0.2) is 48.5 Å². The van der Waals surface area contributed by atoms with E-state index in [0.717, 1.165) is 19.3 Å². The Morgan fingerprint density at radius 3 is 2.31 bits per heavy atom. The SMILES string of the molecule is CC(CCNC(=O)[C@H]1CC[C@@H](NC(=O)OCC2c3ccccc3-c3ccccc32)C1)CCC(=O)O. The number of nitrogens with one attached hydrogen (secondary N) is 2. The highest BCUT2D eigenvalue weighted by Crippen LogP contribution is 2.44. The third kappa shape index (κ3) is 6.21. The summed E-state index contributed by atoms with van der Waals surface area (Å²) < 4.78 is 5.64. The number of carboxylic acid groups (broad SMARTS) is 1. The molecule has 0 aliphatic heterocycles. The van der Waals surface area contributed by atoms with Crippen molar-refractivity contribution in [3.63, 3.8) is 0 Å². The highest BCUT2D eigenvalue weighted by Gasteiger charge is 2.32. The van der Waals surface area contributed by atoms with Gasteiger partial charge in [0.1, 0.15) is 6.61 Å². The molecule has 0 radical (unpaired) electrons. The maximum Gasteiger partial charge on any atom is 0.407 e. The zero-order valence-corrected chi connectivity index (χ0v) is 20.2. The summed E-state index contributed by atoms with van der Waals surface area (Å²) >= 11 is 0. The first kappa shape index (κ1) is 24.8. The minimum absolute atomic E-state index is 0.00673. The van der Waals surface area contributed by atoms with Crippen LogP contribution in [-0.4, -0.2) is 42.3 Å². The zero-order chi connectivity index (χ0) is 24.8. The Hall–Kier alpha value is -3.35. The van der Waals surface area contributed by atoms with Crippen molar-refractivity contribution in [1.29, 1.82) is 0 Å². The number of carboxylic acids is 1. The van der Waals surface area contributed by atoms with Gasteiger partial charge in [0, 0.05) is 30.8 Å². The topological polar surface area (TPSA) is 105 Å². The van der Waals surface area contributed by atoms with Gasteiger partial charge in [-0.1, -0.05) is 55.5 Å². The maximum absolute atomic E-state index is 12.5. The second-order valence-corrected chi connectivity index (χ2v) is 9.79. The Balaban J connectivity index is 1.20. The Morgan fingerprint density at radius 2 is 1.66 bits per heavy atom. The summed E-state index contributed by atoms with van der Waals surface area (Å²) in [5, 5.41) is 14.7. The number of rotatable bonds is 10. The number of alkyl carbamates (subject to hydrolysis) is 1. The molecule has 7 nitrogen and oxygen atoms in total. The van der Waals surface area contributed by atoms with E-state index in [1.807, 2.05) is 31.2 Å². The molecule has 35 heavy (non-hydrogen) atoms. The summed E-state index contributed by atoms with van der Waals surface area (Å²) in [5.74, 6) is -0.636. The lowest BCUT2D eigenvalue weighted by Crippen LogP contribution is -2.36. The normalized spacial score (nSPS) is 19.5. The molecule has 0 aromatic heterocycles. The van der Waals surface area contributed by atoms with E-state index in [4.69, 9.17) is 9.84 Å². The van der Waals surface area contributed by atoms with Gasteiger partial charge in [0.15, 0.2) is 0 Å². The van der Waals surface area contributed by atoms with Crippen molar-refractivity contribution in [3.8, 4) is 11.1 Å². The lowest BCUT2D eigenvalue weighted by atomic mass is 9.98. The summed E-state index contributed by atoms with van der Waals surface area (Å²) in [4.78, 5) is 35.7. The number of benzene rings is 2. The zero-order valence-electron chi connectivity index (χ0n) is 20.2. The molecular weight excluding hydrogens is 444 g/mol. The number of aliphatic carboxylic acids is 1. The third-order valence-corrected chi connectivity index (χ3v) is 7.26. The van der Waals surface area contributed by atoms with Gasteiger partial charge in [-0.25, -0.2) is 4.79 Å². The minimum Gasteiger partial charge on any atom is -0.481 e. The molecule has 0 bridgehead atoms. The van der Waals surface area contributed by atoms with Gasteiger partial charge in [-0.05, 0) is 60.3 Å². The van der Waals surface area contributed by atoms with Crippen molar-refractivity contribution in [2.24, 2.45) is 11.8 Å². The molecule has 2 amide bonds. The summed E-state index contributed by atoms with van der Waals surface area (Å²) in [5.41, 5.74) is 4.74. The first-order chi connectivity index (χ1) is 16.9. The third-order valence-electron chi connectivity index (χ3n) is 7.26. The van der Waals surface area contributed by atoms with Crippen LogP contribution in [0.3, 0.4) is 0 Å². The smallest absolute Gasteiger partial charge is 0.407 e. The molecule has 2 aromatic carbocycles. The van der Waals surface area contributed by atoms with Gasteiger partial charge >= 0.3 is 12.1 Å². The number of carbonyl (C=O) groups excluding carboxylic acids is 2. The van der Waals surface area contributed by atoms with Crippen LogP contribution in [0.2, 0.25) is 0 Å². The molecule has 186 valence electrons. The molecule has 2 aliphatic rings. The molecule has 7 heteroatoms. The largest absolute Gasteiger partial charge is 0.481 e. The number of ether oxygens (including phenoxy) is 1. The highest BCUT2D eigenvalue weighted by molar-refractivity contribution is 5.80. The Bertz CT molecular complexity index is 1020.